The van der Waals surface area contributed by atoms with Crippen molar-refractivity contribution >= 4 is 21.6 Å². The Kier molecular flexibility index (Phi) is 4.69. The fourth-order valence-corrected chi connectivity index (χ4v) is 3.84. The summed E-state index contributed by atoms with van der Waals surface area (Å²) in [6, 6.07) is 3.96. The summed E-state index contributed by atoms with van der Waals surface area (Å²) in [7, 11) is -3.89. The van der Waals surface area contributed by atoms with E-state index in [9.17, 15) is 12.8 Å². The van der Waals surface area contributed by atoms with Gasteiger partial charge in [0.2, 0.25) is 10.0 Å². The van der Waals surface area contributed by atoms with Crippen molar-refractivity contribution in [3.05, 3.63) is 29.0 Å². The van der Waals surface area contributed by atoms with Gasteiger partial charge in [-0.1, -0.05) is 24.6 Å². The molecule has 2 N–H and O–H groups in total. The van der Waals surface area contributed by atoms with Gasteiger partial charge in [0, 0.05) is 13.1 Å². The van der Waals surface area contributed by atoms with E-state index in [0.29, 0.717) is 0 Å². The van der Waals surface area contributed by atoms with Crippen LogP contribution in [0.1, 0.15) is 19.8 Å². The minimum atomic E-state index is -3.89. The Labute approximate surface area is 123 Å². The predicted octanol–water partition coefficient (Wildman–Crippen LogP) is 2.15. The summed E-state index contributed by atoms with van der Waals surface area (Å²) in [6.07, 6.45) is 1.93. The van der Waals surface area contributed by atoms with Crippen LogP contribution in [0, 0.1) is 11.2 Å². The van der Waals surface area contributed by atoms with E-state index in [4.69, 9.17) is 11.6 Å². The van der Waals surface area contributed by atoms with Gasteiger partial charge in [0.05, 0.1) is 5.02 Å². The van der Waals surface area contributed by atoms with Crippen molar-refractivity contribution in [1.29, 1.82) is 0 Å². The first-order chi connectivity index (χ1) is 9.34. The van der Waals surface area contributed by atoms with Crippen molar-refractivity contribution in [2.75, 3.05) is 19.6 Å². The average Bonchev–Trinajstić information content (AvgIpc) is 2.41. The first kappa shape index (κ1) is 15.7. The van der Waals surface area contributed by atoms with Crippen LogP contribution < -0.4 is 10.0 Å². The molecule has 1 fully saturated rings. The maximum absolute atomic E-state index is 13.8. The lowest BCUT2D eigenvalue weighted by atomic mass is 9.83. The molecule has 0 saturated carbocycles. The highest BCUT2D eigenvalue weighted by molar-refractivity contribution is 7.89. The van der Waals surface area contributed by atoms with E-state index in [1.165, 1.54) is 18.2 Å². The number of nitrogens with one attached hydrogen (secondary N) is 2. The van der Waals surface area contributed by atoms with Crippen molar-refractivity contribution < 1.29 is 12.8 Å². The van der Waals surface area contributed by atoms with Crippen molar-refractivity contribution in [1.82, 2.24) is 10.0 Å². The highest BCUT2D eigenvalue weighted by Crippen LogP contribution is 2.26. The monoisotopic (exact) mass is 320 g/mol. The van der Waals surface area contributed by atoms with Gasteiger partial charge in [-0.3, -0.25) is 0 Å². The number of piperidine rings is 1. The SMILES string of the molecule is CC1(CNS(=O)(=O)c2cccc(Cl)c2F)CCCNC1. The van der Waals surface area contributed by atoms with Crippen LogP contribution in [0.5, 0.6) is 0 Å². The Bertz CT molecular complexity index is 586. The molecular weight excluding hydrogens is 303 g/mol. The van der Waals surface area contributed by atoms with Crippen molar-refractivity contribution in [2.24, 2.45) is 5.41 Å². The lowest BCUT2D eigenvalue weighted by Crippen LogP contribution is -2.45. The molecule has 1 atom stereocenters. The van der Waals surface area contributed by atoms with Crippen LogP contribution in [0.25, 0.3) is 0 Å². The maximum Gasteiger partial charge on any atom is 0.243 e. The first-order valence-corrected chi connectivity index (χ1v) is 8.35. The third-order valence-corrected chi connectivity index (χ3v) is 5.29. The number of hydrogen-bond acceptors (Lipinski definition) is 3. The smallest absolute Gasteiger partial charge is 0.243 e. The zero-order valence-corrected chi connectivity index (χ0v) is 12.8. The van der Waals surface area contributed by atoms with Crippen molar-refractivity contribution in [3.63, 3.8) is 0 Å². The third-order valence-electron chi connectivity index (χ3n) is 3.58. The minimum absolute atomic E-state index is 0.152. The van der Waals surface area contributed by atoms with E-state index in [-0.39, 0.29) is 17.0 Å². The number of hydrogen-bond donors (Lipinski definition) is 2. The maximum atomic E-state index is 13.8. The van der Waals surface area contributed by atoms with Gasteiger partial charge in [-0.25, -0.2) is 17.5 Å². The zero-order chi connectivity index (χ0) is 14.8. The largest absolute Gasteiger partial charge is 0.316 e. The van der Waals surface area contributed by atoms with Gasteiger partial charge < -0.3 is 5.32 Å². The molecule has 1 aromatic rings. The summed E-state index contributed by atoms with van der Waals surface area (Å²) in [4.78, 5) is -0.405. The van der Waals surface area contributed by atoms with E-state index in [2.05, 4.69) is 10.0 Å². The lowest BCUT2D eigenvalue weighted by molar-refractivity contribution is 0.238. The summed E-state index contributed by atoms with van der Waals surface area (Å²) in [6.45, 7) is 3.98. The summed E-state index contributed by atoms with van der Waals surface area (Å²) in [5, 5.41) is 3.05. The van der Waals surface area contributed by atoms with Gasteiger partial charge in [-0.05, 0) is 36.9 Å². The lowest BCUT2D eigenvalue weighted by Gasteiger charge is -2.34. The third kappa shape index (κ3) is 3.49. The molecule has 1 aromatic carbocycles. The molecule has 0 radical (unpaired) electrons. The van der Waals surface area contributed by atoms with Gasteiger partial charge >= 0.3 is 0 Å². The van der Waals surface area contributed by atoms with Gasteiger partial charge in [0.1, 0.15) is 4.90 Å². The minimum Gasteiger partial charge on any atom is -0.316 e. The number of rotatable bonds is 4. The molecule has 1 aliphatic rings. The van der Waals surface area contributed by atoms with E-state index in [0.717, 1.165) is 25.9 Å². The molecule has 0 aromatic heterocycles. The normalized spacial score (nSPS) is 23.8. The molecule has 2 rings (SSSR count). The highest BCUT2D eigenvalue weighted by Gasteiger charge is 2.29. The summed E-state index contributed by atoms with van der Waals surface area (Å²) in [5.74, 6) is -0.909. The second-order valence-corrected chi connectivity index (χ2v) is 7.61. The van der Waals surface area contributed by atoms with Gasteiger partial charge in [-0.15, -0.1) is 0 Å². The number of benzene rings is 1. The van der Waals surface area contributed by atoms with Crippen LogP contribution in [0.3, 0.4) is 0 Å². The van der Waals surface area contributed by atoms with E-state index >= 15 is 0 Å². The average molecular weight is 321 g/mol. The predicted molar refractivity (Wildman–Crippen MR) is 76.8 cm³/mol. The number of sulfonamides is 1. The van der Waals surface area contributed by atoms with E-state index in [1.54, 1.807) is 0 Å². The Balaban J connectivity index is 2.13. The number of halogens is 2. The fraction of sp³-hybridized carbons (Fsp3) is 0.538. The van der Waals surface area contributed by atoms with Crippen LogP contribution in [0.15, 0.2) is 23.1 Å². The van der Waals surface area contributed by atoms with Crippen LogP contribution >= 0.6 is 11.6 Å². The van der Waals surface area contributed by atoms with E-state index in [1.807, 2.05) is 6.92 Å². The summed E-state index contributed by atoms with van der Waals surface area (Å²) < 4.78 is 40.6. The molecule has 1 saturated heterocycles. The Morgan fingerprint density at radius 2 is 2.25 bits per heavy atom. The van der Waals surface area contributed by atoms with Crippen LogP contribution in [-0.4, -0.2) is 28.1 Å². The molecule has 7 heteroatoms. The quantitative estimate of drug-likeness (QED) is 0.893. The fourth-order valence-electron chi connectivity index (χ4n) is 2.31. The van der Waals surface area contributed by atoms with Crippen LogP contribution in [0.4, 0.5) is 4.39 Å². The topological polar surface area (TPSA) is 58.2 Å². The second kappa shape index (κ2) is 5.97. The molecule has 0 spiro atoms. The summed E-state index contributed by atoms with van der Waals surface area (Å²) in [5.41, 5.74) is -0.152. The zero-order valence-electron chi connectivity index (χ0n) is 11.2. The molecular formula is C13H18ClFN2O2S. The molecule has 0 amide bonds. The van der Waals surface area contributed by atoms with Crippen LogP contribution in [0.2, 0.25) is 5.02 Å². The van der Waals surface area contributed by atoms with Crippen molar-refractivity contribution in [2.45, 2.75) is 24.7 Å². The molecule has 20 heavy (non-hydrogen) atoms. The Morgan fingerprint density at radius 3 is 2.90 bits per heavy atom. The summed E-state index contributed by atoms with van der Waals surface area (Å²) >= 11 is 5.62. The van der Waals surface area contributed by atoms with Crippen molar-refractivity contribution in [3.8, 4) is 0 Å². The second-order valence-electron chi connectivity index (χ2n) is 5.47. The van der Waals surface area contributed by atoms with E-state index < -0.39 is 20.7 Å². The standard InChI is InChI=1S/C13H18ClFN2O2S/c1-13(6-3-7-16-8-13)9-17-20(18,19)11-5-2-4-10(14)12(11)15/h2,4-5,16-17H,3,6-9H2,1H3. The molecule has 0 aliphatic carbocycles. The molecule has 112 valence electrons. The highest BCUT2D eigenvalue weighted by atomic mass is 35.5. The Morgan fingerprint density at radius 1 is 1.50 bits per heavy atom. The van der Waals surface area contributed by atoms with Crippen LogP contribution in [-0.2, 0) is 10.0 Å². The van der Waals surface area contributed by atoms with Gasteiger partial charge in [0.15, 0.2) is 5.82 Å². The molecule has 4 nitrogen and oxygen atoms in total. The van der Waals surface area contributed by atoms with Gasteiger partial charge in [-0.2, -0.15) is 0 Å². The van der Waals surface area contributed by atoms with Gasteiger partial charge in [0.25, 0.3) is 0 Å². The molecule has 1 heterocycles. The molecule has 1 aliphatic heterocycles. The molecule has 0 bridgehead atoms. The Hall–Kier alpha value is -0.690. The molecule has 1 unspecified atom stereocenters. The first-order valence-electron chi connectivity index (χ1n) is 6.48.